The molecule has 1 fully saturated rings. The van der Waals surface area contributed by atoms with E-state index in [-0.39, 0.29) is 21.3 Å². The molecule has 0 spiro atoms. The van der Waals surface area contributed by atoms with Crippen molar-refractivity contribution in [3.05, 3.63) is 63.7 Å². The number of hydrogen-bond acceptors (Lipinski definition) is 5. The lowest BCUT2D eigenvalue weighted by Gasteiger charge is -2.07. The lowest BCUT2D eigenvalue weighted by atomic mass is 10.2. The van der Waals surface area contributed by atoms with E-state index >= 15 is 0 Å². The summed E-state index contributed by atoms with van der Waals surface area (Å²) in [5.74, 6) is -2.50. The number of furan rings is 1. The number of thioether (sulfide) groups is 1. The van der Waals surface area contributed by atoms with Crippen molar-refractivity contribution in [1.29, 1.82) is 0 Å². The van der Waals surface area contributed by atoms with Crippen LogP contribution in [0, 0.1) is 5.82 Å². The summed E-state index contributed by atoms with van der Waals surface area (Å²) in [6, 6.07) is 6.84. The van der Waals surface area contributed by atoms with Gasteiger partial charge in [0, 0.05) is 5.56 Å². The molecule has 23 heavy (non-hydrogen) atoms. The van der Waals surface area contributed by atoms with Gasteiger partial charge in [0.2, 0.25) is 0 Å². The second-order valence-corrected chi connectivity index (χ2v) is 5.84. The van der Waals surface area contributed by atoms with Crippen LogP contribution in [0.5, 0.6) is 0 Å². The smallest absolute Gasteiger partial charge is 0.303 e. The van der Waals surface area contributed by atoms with Crippen LogP contribution in [0.4, 0.5) is 9.18 Å². The van der Waals surface area contributed by atoms with Crippen molar-refractivity contribution in [1.82, 2.24) is 4.90 Å². The van der Waals surface area contributed by atoms with Gasteiger partial charge in [0.25, 0.3) is 5.91 Å². The standard InChI is InChI=1S/C15H7ClFNO4S/c16-9-3-1-4-10(17)8(9)7-12-14(20)18(15(21)23-12)13(19)11-5-2-6-22-11/h1-7H/b12-7-. The molecule has 0 saturated carbocycles. The normalized spacial score (nSPS) is 16.4. The maximum Gasteiger partial charge on any atom is 0.303 e. The Labute approximate surface area is 138 Å². The maximum atomic E-state index is 13.8. The molecule has 2 heterocycles. The van der Waals surface area contributed by atoms with Crippen LogP contribution >= 0.6 is 23.4 Å². The summed E-state index contributed by atoms with van der Waals surface area (Å²) in [7, 11) is 0. The second-order valence-electron chi connectivity index (χ2n) is 4.43. The molecule has 0 unspecified atom stereocenters. The van der Waals surface area contributed by atoms with Crippen LogP contribution in [0.2, 0.25) is 5.02 Å². The molecule has 0 bridgehead atoms. The van der Waals surface area contributed by atoms with E-state index in [0.29, 0.717) is 16.7 Å². The van der Waals surface area contributed by atoms with Gasteiger partial charge >= 0.3 is 11.1 Å². The molecule has 1 aromatic carbocycles. The van der Waals surface area contributed by atoms with Gasteiger partial charge in [-0.3, -0.25) is 14.4 Å². The number of hydrogen-bond donors (Lipinski definition) is 0. The zero-order chi connectivity index (χ0) is 16.6. The highest BCUT2D eigenvalue weighted by molar-refractivity contribution is 8.18. The predicted octanol–water partition coefficient (Wildman–Crippen LogP) is 3.95. The third-order valence-corrected chi connectivity index (χ3v) is 4.20. The molecular weight excluding hydrogens is 345 g/mol. The number of carbonyl (C=O) groups excluding carboxylic acids is 3. The van der Waals surface area contributed by atoms with Gasteiger partial charge in [-0.15, -0.1) is 0 Å². The summed E-state index contributed by atoms with van der Waals surface area (Å²) < 4.78 is 18.7. The molecule has 0 N–H and O–H groups in total. The number of benzene rings is 1. The summed E-state index contributed by atoms with van der Waals surface area (Å²) >= 11 is 6.42. The summed E-state index contributed by atoms with van der Waals surface area (Å²) in [5, 5.41) is -0.690. The van der Waals surface area contributed by atoms with E-state index in [1.807, 2.05) is 0 Å². The van der Waals surface area contributed by atoms with E-state index in [4.69, 9.17) is 16.0 Å². The molecule has 116 valence electrons. The number of halogens is 2. The minimum absolute atomic E-state index is 0.0230. The molecule has 1 saturated heterocycles. The van der Waals surface area contributed by atoms with E-state index in [1.165, 1.54) is 36.6 Å². The Morgan fingerprint density at radius 2 is 2.04 bits per heavy atom. The molecule has 2 aromatic rings. The molecule has 3 amide bonds. The average Bonchev–Trinajstić information content (AvgIpc) is 3.12. The fourth-order valence-corrected chi connectivity index (χ4v) is 2.95. The summed E-state index contributed by atoms with van der Waals surface area (Å²) in [5.41, 5.74) is -0.0230. The molecule has 3 rings (SSSR count). The van der Waals surface area contributed by atoms with Crippen molar-refractivity contribution in [3.8, 4) is 0 Å². The van der Waals surface area contributed by atoms with E-state index in [2.05, 4.69) is 0 Å². The Bertz CT molecular complexity index is 827. The molecule has 5 nitrogen and oxygen atoms in total. The summed E-state index contributed by atoms with van der Waals surface area (Å²) in [6.07, 6.45) is 2.40. The van der Waals surface area contributed by atoms with Gasteiger partial charge in [0.15, 0.2) is 5.76 Å². The van der Waals surface area contributed by atoms with Crippen molar-refractivity contribution < 1.29 is 23.2 Å². The molecule has 0 aliphatic carbocycles. The fourth-order valence-electron chi connectivity index (χ4n) is 1.93. The van der Waals surface area contributed by atoms with Gasteiger partial charge in [-0.2, -0.15) is 4.90 Å². The second kappa shape index (κ2) is 6.02. The molecule has 0 atom stereocenters. The highest BCUT2D eigenvalue weighted by Crippen LogP contribution is 2.35. The van der Waals surface area contributed by atoms with Gasteiger partial charge < -0.3 is 4.42 Å². The Morgan fingerprint density at radius 1 is 1.26 bits per heavy atom. The predicted molar refractivity (Wildman–Crippen MR) is 82.3 cm³/mol. The highest BCUT2D eigenvalue weighted by atomic mass is 35.5. The molecule has 1 aliphatic heterocycles. The van der Waals surface area contributed by atoms with Crippen molar-refractivity contribution >= 4 is 46.5 Å². The zero-order valence-corrected chi connectivity index (χ0v) is 12.9. The van der Waals surface area contributed by atoms with Gasteiger partial charge in [-0.05, 0) is 42.1 Å². The monoisotopic (exact) mass is 351 g/mol. The first-order valence-electron chi connectivity index (χ1n) is 6.29. The largest absolute Gasteiger partial charge is 0.459 e. The van der Waals surface area contributed by atoms with Crippen molar-refractivity contribution in [3.63, 3.8) is 0 Å². The Hall–Kier alpha value is -2.38. The quantitative estimate of drug-likeness (QED) is 0.605. The minimum atomic E-state index is -0.875. The first kappa shape index (κ1) is 15.5. The topological polar surface area (TPSA) is 67.6 Å². The number of amides is 3. The molecular formula is C15H7ClFNO4S. The number of imide groups is 3. The first-order valence-corrected chi connectivity index (χ1v) is 7.48. The van der Waals surface area contributed by atoms with Crippen LogP contribution in [0.3, 0.4) is 0 Å². The van der Waals surface area contributed by atoms with Crippen LogP contribution < -0.4 is 0 Å². The van der Waals surface area contributed by atoms with Gasteiger partial charge in [-0.25, -0.2) is 4.39 Å². The van der Waals surface area contributed by atoms with Crippen LogP contribution in [-0.4, -0.2) is 22.0 Å². The van der Waals surface area contributed by atoms with Crippen molar-refractivity contribution in [2.45, 2.75) is 0 Å². The Morgan fingerprint density at radius 3 is 2.70 bits per heavy atom. The van der Waals surface area contributed by atoms with Crippen LogP contribution in [0.15, 0.2) is 45.9 Å². The van der Waals surface area contributed by atoms with Gasteiger partial charge in [0.1, 0.15) is 5.82 Å². The zero-order valence-electron chi connectivity index (χ0n) is 11.3. The van der Waals surface area contributed by atoms with E-state index < -0.39 is 22.9 Å². The van der Waals surface area contributed by atoms with Crippen LogP contribution in [0.1, 0.15) is 16.1 Å². The lowest BCUT2D eigenvalue weighted by Crippen LogP contribution is -2.34. The minimum Gasteiger partial charge on any atom is -0.459 e. The SMILES string of the molecule is O=C1S/C(=C\c2c(F)cccc2Cl)C(=O)N1C(=O)c1ccco1. The van der Waals surface area contributed by atoms with Crippen molar-refractivity contribution in [2.75, 3.05) is 0 Å². The van der Waals surface area contributed by atoms with Crippen LogP contribution in [-0.2, 0) is 4.79 Å². The third kappa shape index (κ3) is 2.80. The molecule has 8 heteroatoms. The number of carbonyl (C=O) groups is 3. The van der Waals surface area contributed by atoms with Gasteiger partial charge in [0.05, 0.1) is 16.2 Å². The van der Waals surface area contributed by atoms with Crippen LogP contribution in [0.25, 0.3) is 6.08 Å². The average molecular weight is 352 g/mol. The fraction of sp³-hybridized carbons (Fsp3) is 0. The van der Waals surface area contributed by atoms with E-state index in [1.54, 1.807) is 0 Å². The lowest BCUT2D eigenvalue weighted by molar-refractivity contribution is -0.120. The third-order valence-electron chi connectivity index (χ3n) is 3.00. The molecule has 1 aliphatic rings. The number of nitrogens with zero attached hydrogens (tertiary/aromatic N) is 1. The molecule has 1 aromatic heterocycles. The highest BCUT2D eigenvalue weighted by Gasteiger charge is 2.41. The maximum absolute atomic E-state index is 13.8. The number of rotatable bonds is 2. The van der Waals surface area contributed by atoms with E-state index in [9.17, 15) is 18.8 Å². The van der Waals surface area contributed by atoms with E-state index in [0.717, 1.165) is 6.08 Å². The Kier molecular flexibility index (Phi) is 4.06. The summed E-state index contributed by atoms with van der Waals surface area (Å²) in [4.78, 5) is 36.7. The Balaban J connectivity index is 1.96. The van der Waals surface area contributed by atoms with Crippen molar-refractivity contribution in [2.24, 2.45) is 0 Å². The first-order chi connectivity index (χ1) is 11.0. The summed E-state index contributed by atoms with van der Waals surface area (Å²) in [6.45, 7) is 0. The molecule has 0 radical (unpaired) electrons. The van der Waals surface area contributed by atoms with Gasteiger partial charge in [-0.1, -0.05) is 17.7 Å².